The van der Waals surface area contributed by atoms with Gasteiger partial charge in [0.1, 0.15) is 0 Å². The minimum Gasteiger partial charge on any atom is -0.378 e. The molecule has 0 radical (unpaired) electrons. The predicted octanol–water partition coefficient (Wildman–Crippen LogP) is 6.56. The molecule has 0 fully saturated rings. The highest BCUT2D eigenvalue weighted by Crippen LogP contribution is 2.39. The molecule has 2 aromatic rings. The standard InChI is InChI=1S/C12H7Br2ClF3NS/c13-8-4-6(20-11(8)14)5-19-10-7(12(16,17)18)2-1-3-9(10)15/h1-4,19H,5H2. The van der Waals surface area contributed by atoms with Crippen LogP contribution in [0.15, 0.2) is 32.5 Å². The van der Waals surface area contributed by atoms with Crippen LogP contribution < -0.4 is 5.32 Å². The maximum absolute atomic E-state index is 12.9. The van der Waals surface area contributed by atoms with Gasteiger partial charge in [0, 0.05) is 15.9 Å². The molecule has 0 saturated carbocycles. The smallest absolute Gasteiger partial charge is 0.378 e. The molecule has 0 aliphatic rings. The highest BCUT2D eigenvalue weighted by molar-refractivity contribution is 9.13. The van der Waals surface area contributed by atoms with Crippen molar-refractivity contribution in [3.63, 3.8) is 0 Å². The fourth-order valence-electron chi connectivity index (χ4n) is 1.59. The first-order valence-corrected chi connectivity index (χ1v) is 8.10. The van der Waals surface area contributed by atoms with Crippen molar-refractivity contribution in [2.45, 2.75) is 12.7 Å². The lowest BCUT2D eigenvalue weighted by molar-refractivity contribution is -0.136. The van der Waals surface area contributed by atoms with Gasteiger partial charge in [-0.1, -0.05) is 17.7 Å². The SMILES string of the molecule is FC(F)(F)c1cccc(Cl)c1NCc1cc(Br)c(Br)s1. The molecule has 1 nitrogen and oxygen atoms in total. The maximum atomic E-state index is 12.9. The third-order valence-corrected chi connectivity index (χ3v) is 6.03. The number of thiophene rings is 1. The van der Waals surface area contributed by atoms with E-state index in [1.165, 1.54) is 23.5 Å². The van der Waals surface area contributed by atoms with E-state index in [2.05, 4.69) is 37.2 Å². The van der Waals surface area contributed by atoms with E-state index in [1.54, 1.807) is 0 Å². The van der Waals surface area contributed by atoms with Crippen molar-refractivity contribution in [1.29, 1.82) is 0 Å². The molecule has 20 heavy (non-hydrogen) atoms. The summed E-state index contributed by atoms with van der Waals surface area (Å²) >= 11 is 14.0. The molecule has 0 saturated heterocycles. The molecule has 1 aromatic carbocycles. The Morgan fingerprint density at radius 2 is 1.95 bits per heavy atom. The van der Waals surface area contributed by atoms with Crippen molar-refractivity contribution in [2.75, 3.05) is 5.32 Å². The molecule has 0 amide bonds. The number of hydrogen-bond acceptors (Lipinski definition) is 2. The van der Waals surface area contributed by atoms with Gasteiger partial charge in [0.15, 0.2) is 0 Å². The van der Waals surface area contributed by atoms with Crippen LogP contribution >= 0.6 is 54.8 Å². The quantitative estimate of drug-likeness (QED) is 0.560. The van der Waals surface area contributed by atoms with Gasteiger partial charge in [0.25, 0.3) is 0 Å². The Morgan fingerprint density at radius 1 is 1.25 bits per heavy atom. The summed E-state index contributed by atoms with van der Waals surface area (Å²) in [5.74, 6) is 0. The molecule has 0 bridgehead atoms. The van der Waals surface area contributed by atoms with E-state index in [9.17, 15) is 13.2 Å². The molecule has 1 heterocycles. The van der Waals surface area contributed by atoms with Gasteiger partial charge in [0.2, 0.25) is 0 Å². The van der Waals surface area contributed by atoms with Gasteiger partial charge in [-0.15, -0.1) is 11.3 Å². The van der Waals surface area contributed by atoms with Crippen LogP contribution in [0.25, 0.3) is 0 Å². The zero-order valence-corrected chi connectivity index (χ0v) is 14.4. The number of rotatable bonds is 3. The first kappa shape index (κ1) is 16.1. The van der Waals surface area contributed by atoms with E-state index in [-0.39, 0.29) is 17.3 Å². The van der Waals surface area contributed by atoms with E-state index in [0.717, 1.165) is 19.2 Å². The summed E-state index contributed by atoms with van der Waals surface area (Å²) < 4.78 is 40.5. The van der Waals surface area contributed by atoms with Crippen molar-refractivity contribution >= 4 is 60.5 Å². The third kappa shape index (κ3) is 3.69. The van der Waals surface area contributed by atoms with Crippen LogP contribution in [0.1, 0.15) is 10.4 Å². The lowest BCUT2D eigenvalue weighted by Gasteiger charge is -2.15. The minimum absolute atomic E-state index is 0.0505. The molecule has 0 spiro atoms. The van der Waals surface area contributed by atoms with Gasteiger partial charge >= 0.3 is 6.18 Å². The van der Waals surface area contributed by atoms with Gasteiger partial charge in [0.05, 0.1) is 20.1 Å². The van der Waals surface area contributed by atoms with E-state index in [0.29, 0.717) is 0 Å². The molecule has 0 aliphatic heterocycles. The van der Waals surface area contributed by atoms with Crippen molar-refractivity contribution in [2.24, 2.45) is 0 Å². The molecule has 108 valence electrons. The summed E-state index contributed by atoms with van der Waals surface area (Å²) in [6.45, 7) is 0.266. The summed E-state index contributed by atoms with van der Waals surface area (Å²) in [4.78, 5) is 0.886. The van der Waals surface area contributed by atoms with Crippen molar-refractivity contribution < 1.29 is 13.2 Å². The molecule has 1 N–H and O–H groups in total. The second kappa shape index (κ2) is 6.25. The zero-order valence-electron chi connectivity index (χ0n) is 9.69. The monoisotopic (exact) mass is 447 g/mol. The Hall–Kier alpha value is -0.240. The van der Waals surface area contributed by atoms with Crippen LogP contribution in [-0.4, -0.2) is 0 Å². The first-order chi connectivity index (χ1) is 9.29. The third-order valence-electron chi connectivity index (χ3n) is 2.45. The van der Waals surface area contributed by atoms with Gasteiger partial charge in [-0.05, 0) is 50.1 Å². The van der Waals surface area contributed by atoms with Gasteiger partial charge < -0.3 is 5.32 Å². The highest BCUT2D eigenvalue weighted by Gasteiger charge is 2.34. The predicted molar refractivity (Wildman–Crippen MR) is 83.5 cm³/mol. The molecule has 0 unspecified atom stereocenters. The fraction of sp³-hybridized carbons (Fsp3) is 0.167. The number of halogens is 6. The summed E-state index contributed by atoms with van der Waals surface area (Å²) in [6.07, 6.45) is -4.44. The van der Waals surface area contributed by atoms with Crippen molar-refractivity contribution in [1.82, 2.24) is 0 Å². The Bertz CT molecular complexity index is 608. The average molecular weight is 450 g/mol. The molecular weight excluding hydrogens is 442 g/mol. The average Bonchev–Trinajstić information content (AvgIpc) is 2.66. The number of anilines is 1. The topological polar surface area (TPSA) is 12.0 Å². The Morgan fingerprint density at radius 3 is 2.50 bits per heavy atom. The molecule has 0 atom stereocenters. The van der Waals surface area contributed by atoms with Crippen LogP contribution in [0.3, 0.4) is 0 Å². The summed E-state index contributed by atoms with van der Waals surface area (Å²) in [7, 11) is 0. The molecule has 1 aromatic heterocycles. The van der Waals surface area contributed by atoms with Gasteiger partial charge in [-0.3, -0.25) is 0 Å². The van der Waals surface area contributed by atoms with Crippen LogP contribution in [0.4, 0.5) is 18.9 Å². The van der Waals surface area contributed by atoms with E-state index >= 15 is 0 Å². The van der Waals surface area contributed by atoms with E-state index in [1.807, 2.05) is 6.07 Å². The largest absolute Gasteiger partial charge is 0.418 e. The Balaban J connectivity index is 2.25. The van der Waals surface area contributed by atoms with Gasteiger partial charge in [-0.2, -0.15) is 13.2 Å². The van der Waals surface area contributed by atoms with Gasteiger partial charge in [-0.25, -0.2) is 0 Å². The zero-order chi connectivity index (χ0) is 14.9. The van der Waals surface area contributed by atoms with Crippen LogP contribution in [-0.2, 0) is 12.7 Å². The second-order valence-electron chi connectivity index (χ2n) is 3.85. The number of para-hydroxylation sites is 1. The number of alkyl halides is 3. The van der Waals surface area contributed by atoms with Crippen LogP contribution in [0.5, 0.6) is 0 Å². The van der Waals surface area contributed by atoms with E-state index in [4.69, 9.17) is 11.6 Å². The van der Waals surface area contributed by atoms with Crippen LogP contribution in [0, 0.1) is 0 Å². The summed E-state index contributed by atoms with van der Waals surface area (Å²) in [5, 5.41) is 2.81. The molecule has 8 heteroatoms. The maximum Gasteiger partial charge on any atom is 0.418 e. The molecule has 0 aliphatic carbocycles. The fourth-order valence-corrected chi connectivity index (χ4v) is 3.95. The second-order valence-corrected chi connectivity index (χ2v) is 7.56. The van der Waals surface area contributed by atoms with Crippen molar-refractivity contribution in [3.05, 3.63) is 48.0 Å². The van der Waals surface area contributed by atoms with Crippen LogP contribution in [0.2, 0.25) is 5.02 Å². The summed E-state index contributed by atoms with van der Waals surface area (Å²) in [6, 6.07) is 5.56. The van der Waals surface area contributed by atoms with Crippen molar-refractivity contribution in [3.8, 4) is 0 Å². The molecular formula is C12H7Br2ClF3NS. The number of nitrogens with one attached hydrogen (secondary N) is 1. The molecule has 2 rings (SSSR count). The lowest BCUT2D eigenvalue weighted by atomic mass is 10.1. The Labute approximate surface area is 139 Å². The number of benzene rings is 1. The normalized spacial score (nSPS) is 11.7. The Kier molecular flexibility index (Phi) is 5.05. The first-order valence-electron chi connectivity index (χ1n) is 5.32. The lowest BCUT2D eigenvalue weighted by Crippen LogP contribution is -2.10. The summed E-state index contributed by atoms with van der Waals surface area (Å²) in [5.41, 5.74) is -0.859. The number of hydrogen-bond donors (Lipinski definition) is 1. The minimum atomic E-state index is -4.44. The highest BCUT2D eigenvalue weighted by atomic mass is 79.9. The van der Waals surface area contributed by atoms with E-state index < -0.39 is 11.7 Å².